The second kappa shape index (κ2) is 9.69. The van der Waals surface area contributed by atoms with Gasteiger partial charge in [-0.05, 0) is 45.0 Å². The number of carbonyl (C=O) groups excluding carboxylic acids is 2. The Labute approximate surface area is 174 Å². The first kappa shape index (κ1) is 21.0. The maximum atomic E-state index is 12.3. The molecular weight excluding hydrogens is 386 g/mol. The Morgan fingerprint density at radius 3 is 2.57 bits per heavy atom. The topological polar surface area (TPSA) is 104 Å². The van der Waals surface area contributed by atoms with Crippen molar-refractivity contribution in [2.45, 2.75) is 26.9 Å². The molecule has 0 spiro atoms. The maximum absolute atomic E-state index is 12.3. The molecule has 3 rings (SSSR count). The van der Waals surface area contributed by atoms with Crippen LogP contribution in [0.2, 0.25) is 0 Å². The van der Waals surface area contributed by atoms with E-state index in [9.17, 15) is 9.59 Å². The van der Waals surface area contributed by atoms with Crippen molar-refractivity contribution >= 4 is 11.9 Å². The number of carbonyl (C=O) groups is 2. The van der Waals surface area contributed by atoms with Crippen molar-refractivity contribution in [1.82, 2.24) is 15.5 Å². The summed E-state index contributed by atoms with van der Waals surface area (Å²) in [6.45, 7) is 5.56. The zero-order valence-corrected chi connectivity index (χ0v) is 17.0. The summed E-state index contributed by atoms with van der Waals surface area (Å²) in [5.41, 5.74) is 2.24. The summed E-state index contributed by atoms with van der Waals surface area (Å²) < 4.78 is 16.3. The Bertz CT molecular complexity index is 1010. The van der Waals surface area contributed by atoms with Gasteiger partial charge in [0.2, 0.25) is 5.89 Å². The van der Waals surface area contributed by atoms with Crippen LogP contribution in [0.5, 0.6) is 5.75 Å². The molecule has 0 unspecified atom stereocenters. The molecule has 8 heteroatoms. The van der Waals surface area contributed by atoms with Crippen molar-refractivity contribution in [3.05, 3.63) is 65.5 Å². The van der Waals surface area contributed by atoms with Gasteiger partial charge in [-0.3, -0.25) is 9.59 Å². The lowest BCUT2D eigenvalue weighted by molar-refractivity contribution is -0.148. The molecule has 0 radical (unpaired) electrons. The number of benzene rings is 2. The van der Waals surface area contributed by atoms with Crippen molar-refractivity contribution in [3.8, 4) is 17.2 Å². The van der Waals surface area contributed by atoms with E-state index in [-0.39, 0.29) is 12.4 Å². The number of hydrogen-bond acceptors (Lipinski definition) is 7. The van der Waals surface area contributed by atoms with Crippen LogP contribution >= 0.6 is 0 Å². The summed E-state index contributed by atoms with van der Waals surface area (Å²) in [6.07, 6.45) is -0.753. The number of aryl methyl sites for hydroxylation is 1. The van der Waals surface area contributed by atoms with Gasteiger partial charge in [0, 0.05) is 5.56 Å². The molecule has 1 heterocycles. The van der Waals surface area contributed by atoms with Crippen molar-refractivity contribution in [1.29, 1.82) is 0 Å². The summed E-state index contributed by atoms with van der Waals surface area (Å²) in [5.74, 6) is -0.0858. The summed E-state index contributed by atoms with van der Waals surface area (Å²) in [7, 11) is 0. The minimum atomic E-state index is -0.753. The molecule has 1 atom stereocenters. The fourth-order valence-corrected chi connectivity index (χ4v) is 2.68. The highest BCUT2D eigenvalue weighted by Gasteiger charge is 2.20. The first-order valence-corrected chi connectivity index (χ1v) is 9.58. The molecule has 1 amide bonds. The number of amides is 1. The number of nitrogens with zero attached hydrogens (tertiary/aromatic N) is 2. The molecule has 8 nitrogen and oxygen atoms in total. The molecule has 0 saturated heterocycles. The molecule has 3 aromatic rings. The molecule has 0 bridgehead atoms. The van der Waals surface area contributed by atoms with Gasteiger partial charge in [0.15, 0.2) is 6.10 Å². The maximum Gasteiger partial charge on any atom is 0.326 e. The first-order valence-electron chi connectivity index (χ1n) is 9.58. The fraction of sp³-hybridized carbons (Fsp3) is 0.273. The van der Waals surface area contributed by atoms with Crippen molar-refractivity contribution in [2.24, 2.45) is 0 Å². The van der Waals surface area contributed by atoms with Crippen LogP contribution in [0, 0.1) is 6.92 Å². The number of aromatic nitrogens is 2. The van der Waals surface area contributed by atoms with Crippen molar-refractivity contribution < 1.29 is 23.5 Å². The highest BCUT2D eigenvalue weighted by Crippen LogP contribution is 2.22. The Morgan fingerprint density at radius 1 is 1.10 bits per heavy atom. The number of hydrogen-bond donors (Lipinski definition) is 1. The highest BCUT2D eigenvalue weighted by molar-refractivity contribution is 5.98. The van der Waals surface area contributed by atoms with E-state index in [1.165, 1.54) is 0 Å². The van der Waals surface area contributed by atoms with E-state index in [1.54, 1.807) is 31.2 Å². The second-order valence-corrected chi connectivity index (χ2v) is 6.56. The second-order valence-electron chi connectivity index (χ2n) is 6.56. The van der Waals surface area contributed by atoms with Crippen LogP contribution in [0.1, 0.15) is 41.8 Å². The third-order valence-corrected chi connectivity index (χ3v) is 4.22. The Hall–Kier alpha value is -3.68. The predicted molar refractivity (Wildman–Crippen MR) is 109 cm³/mol. The van der Waals surface area contributed by atoms with Gasteiger partial charge >= 0.3 is 5.97 Å². The van der Waals surface area contributed by atoms with E-state index in [0.29, 0.717) is 23.8 Å². The Morgan fingerprint density at radius 2 is 1.83 bits per heavy atom. The Balaban J connectivity index is 1.55. The third-order valence-electron chi connectivity index (χ3n) is 4.22. The lowest BCUT2D eigenvalue weighted by Gasteiger charge is -2.12. The monoisotopic (exact) mass is 409 g/mol. The number of rotatable bonds is 8. The van der Waals surface area contributed by atoms with Crippen LogP contribution in [0.25, 0.3) is 11.5 Å². The van der Waals surface area contributed by atoms with Crippen LogP contribution in [0.3, 0.4) is 0 Å². The van der Waals surface area contributed by atoms with Crippen molar-refractivity contribution in [3.63, 3.8) is 0 Å². The molecule has 0 saturated carbocycles. The number of ether oxygens (including phenoxy) is 2. The van der Waals surface area contributed by atoms with E-state index in [4.69, 9.17) is 13.9 Å². The molecule has 0 aliphatic heterocycles. The van der Waals surface area contributed by atoms with E-state index >= 15 is 0 Å². The third kappa shape index (κ3) is 5.22. The number of para-hydroxylation sites is 1. The molecule has 30 heavy (non-hydrogen) atoms. The predicted octanol–water partition coefficient (Wildman–Crippen LogP) is 3.48. The van der Waals surface area contributed by atoms with Gasteiger partial charge in [-0.2, -0.15) is 0 Å². The van der Waals surface area contributed by atoms with E-state index in [1.807, 2.05) is 38.1 Å². The van der Waals surface area contributed by atoms with Gasteiger partial charge in [-0.15, -0.1) is 10.2 Å². The van der Waals surface area contributed by atoms with Crippen LogP contribution in [0.15, 0.2) is 52.9 Å². The SMILES string of the molecule is CCOc1ccccc1C(=O)NCC(=O)O[C@@H](C)c1nnc(-c2ccc(C)cc2)o1. The molecule has 2 aromatic carbocycles. The van der Waals surface area contributed by atoms with E-state index < -0.39 is 18.0 Å². The zero-order valence-electron chi connectivity index (χ0n) is 17.0. The minimum Gasteiger partial charge on any atom is -0.493 e. The van der Waals surface area contributed by atoms with Crippen LogP contribution in [-0.4, -0.2) is 35.2 Å². The zero-order chi connectivity index (χ0) is 21.5. The molecule has 1 N–H and O–H groups in total. The van der Waals surface area contributed by atoms with Crippen LogP contribution in [0.4, 0.5) is 0 Å². The highest BCUT2D eigenvalue weighted by atomic mass is 16.6. The molecule has 0 aliphatic carbocycles. The van der Waals surface area contributed by atoms with Gasteiger partial charge in [-0.1, -0.05) is 29.8 Å². The van der Waals surface area contributed by atoms with Crippen LogP contribution in [-0.2, 0) is 9.53 Å². The van der Waals surface area contributed by atoms with E-state index in [2.05, 4.69) is 15.5 Å². The summed E-state index contributed by atoms with van der Waals surface area (Å²) >= 11 is 0. The largest absolute Gasteiger partial charge is 0.493 e. The minimum absolute atomic E-state index is 0.173. The van der Waals surface area contributed by atoms with Gasteiger partial charge in [0.05, 0.1) is 12.2 Å². The van der Waals surface area contributed by atoms with Gasteiger partial charge in [0.25, 0.3) is 11.8 Å². The summed E-state index contributed by atoms with van der Waals surface area (Å²) in [6, 6.07) is 14.4. The summed E-state index contributed by atoms with van der Waals surface area (Å²) in [5, 5.41) is 10.5. The molecule has 1 aromatic heterocycles. The quantitative estimate of drug-likeness (QED) is 0.568. The fourth-order valence-electron chi connectivity index (χ4n) is 2.68. The normalized spacial score (nSPS) is 11.6. The first-order chi connectivity index (χ1) is 14.5. The van der Waals surface area contributed by atoms with Gasteiger partial charge in [0.1, 0.15) is 12.3 Å². The smallest absolute Gasteiger partial charge is 0.326 e. The van der Waals surface area contributed by atoms with Crippen LogP contribution < -0.4 is 10.1 Å². The van der Waals surface area contributed by atoms with Gasteiger partial charge < -0.3 is 19.2 Å². The van der Waals surface area contributed by atoms with Crippen molar-refractivity contribution in [2.75, 3.05) is 13.2 Å². The average molecular weight is 409 g/mol. The summed E-state index contributed by atoms with van der Waals surface area (Å²) in [4.78, 5) is 24.5. The average Bonchev–Trinajstić information content (AvgIpc) is 3.24. The number of esters is 1. The molecule has 0 fully saturated rings. The number of nitrogens with one attached hydrogen (secondary N) is 1. The Kier molecular flexibility index (Phi) is 6.79. The molecule has 0 aliphatic rings. The standard InChI is InChI=1S/C22H23N3O5/c1-4-28-18-8-6-5-7-17(18)20(27)23-13-19(26)29-15(3)21-24-25-22(30-21)16-11-9-14(2)10-12-16/h5-12,15H,4,13H2,1-3H3,(H,23,27)/t15-/m0/s1. The molecule has 156 valence electrons. The van der Waals surface area contributed by atoms with E-state index in [0.717, 1.165) is 11.1 Å². The molecular formula is C22H23N3O5. The van der Waals surface area contributed by atoms with Gasteiger partial charge in [-0.25, -0.2) is 0 Å². The lowest BCUT2D eigenvalue weighted by Crippen LogP contribution is -2.31. The lowest BCUT2D eigenvalue weighted by atomic mass is 10.1.